The van der Waals surface area contributed by atoms with Crippen molar-refractivity contribution in [1.29, 1.82) is 0 Å². The van der Waals surface area contributed by atoms with Gasteiger partial charge in [0, 0.05) is 24.1 Å². The molecule has 1 aliphatic rings. The van der Waals surface area contributed by atoms with Crippen LogP contribution in [-0.2, 0) is 4.79 Å². The molecular formula is C37H42N4O3. The molecule has 0 saturated heterocycles. The van der Waals surface area contributed by atoms with Crippen molar-refractivity contribution in [2.75, 3.05) is 7.05 Å². The van der Waals surface area contributed by atoms with Crippen LogP contribution in [-0.4, -0.2) is 31.3 Å². The summed E-state index contributed by atoms with van der Waals surface area (Å²) in [6.45, 7) is 2.26. The summed E-state index contributed by atoms with van der Waals surface area (Å²) in [6, 6.07) is 32.7. The highest BCUT2D eigenvalue weighted by atomic mass is 16.2. The van der Waals surface area contributed by atoms with Gasteiger partial charge in [0.25, 0.3) is 5.91 Å². The van der Waals surface area contributed by atoms with Crippen LogP contribution in [0.2, 0.25) is 0 Å². The monoisotopic (exact) mass is 590 g/mol. The lowest BCUT2D eigenvalue weighted by Gasteiger charge is -2.32. The molecule has 7 heteroatoms. The van der Waals surface area contributed by atoms with E-state index < -0.39 is 6.04 Å². The summed E-state index contributed by atoms with van der Waals surface area (Å²) in [5.74, 6) is 0.189. The van der Waals surface area contributed by atoms with E-state index in [1.807, 2.05) is 42.5 Å². The summed E-state index contributed by atoms with van der Waals surface area (Å²) in [5, 5.41) is 11.6. The van der Waals surface area contributed by atoms with Crippen molar-refractivity contribution in [2.24, 2.45) is 10.9 Å². The smallest absolute Gasteiger partial charge is 0.251 e. The van der Waals surface area contributed by atoms with Crippen LogP contribution in [0.5, 0.6) is 0 Å². The SMILES string of the molecule is CC(NC1CCC[C@H](c2ccc(C(=O)NC(C=O)C/C(=C/N)c3ccccc3)cc2)C1)c1cccc2ccccc12.CN=O. The molecule has 0 radical (unpaired) electrons. The van der Waals surface area contributed by atoms with Crippen LogP contribution in [0, 0.1) is 4.91 Å². The maximum atomic E-state index is 13.0. The summed E-state index contributed by atoms with van der Waals surface area (Å²) in [6.07, 6.45) is 7.17. The van der Waals surface area contributed by atoms with Gasteiger partial charge in [-0.3, -0.25) is 4.79 Å². The van der Waals surface area contributed by atoms with Crippen LogP contribution in [0.25, 0.3) is 16.3 Å². The van der Waals surface area contributed by atoms with Gasteiger partial charge in [-0.15, -0.1) is 0 Å². The third-order valence-corrected chi connectivity index (χ3v) is 8.36. The number of amides is 1. The lowest BCUT2D eigenvalue weighted by molar-refractivity contribution is -0.109. The molecule has 0 heterocycles. The van der Waals surface area contributed by atoms with Crippen molar-refractivity contribution in [3.63, 3.8) is 0 Å². The Morgan fingerprint density at radius 1 is 0.932 bits per heavy atom. The Labute approximate surface area is 259 Å². The van der Waals surface area contributed by atoms with Gasteiger partial charge in [0.1, 0.15) is 6.29 Å². The minimum absolute atomic E-state index is 0.259. The topological polar surface area (TPSA) is 114 Å². The van der Waals surface area contributed by atoms with Crippen molar-refractivity contribution in [3.8, 4) is 0 Å². The third kappa shape index (κ3) is 8.48. The largest absolute Gasteiger partial charge is 0.404 e. The first-order chi connectivity index (χ1) is 21.5. The van der Waals surface area contributed by atoms with E-state index in [1.54, 1.807) is 0 Å². The van der Waals surface area contributed by atoms with Gasteiger partial charge in [-0.2, -0.15) is 4.91 Å². The number of fused-ring (bicyclic) bond motifs is 1. The second-order valence-electron chi connectivity index (χ2n) is 11.3. The van der Waals surface area contributed by atoms with E-state index in [1.165, 1.54) is 48.0 Å². The Bertz CT molecular complexity index is 1550. The highest BCUT2D eigenvalue weighted by molar-refractivity contribution is 5.96. The van der Waals surface area contributed by atoms with E-state index in [0.29, 0.717) is 23.9 Å². The average molecular weight is 591 g/mol. The first kappa shape index (κ1) is 32.3. The van der Waals surface area contributed by atoms with Crippen molar-refractivity contribution in [1.82, 2.24) is 10.6 Å². The molecule has 0 spiro atoms. The standard InChI is InChI=1S/C36H39N3O2.CH3NO/c1-25(34-16-8-12-28-11-5-6-15-35(28)34)38-32-14-7-13-30(21-32)27-17-19-29(20-18-27)36(41)39-33(24-40)22-31(23-37)26-9-3-2-4-10-26;1-2-3/h2-6,8-12,15-20,23-25,30,32-33,38H,7,13-14,21-22,37H2,1H3,(H,39,41);1H3/b31-23-;/t25?,30-,32?,33?;/m0./s1. The van der Waals surface area contributed by atoms with Crippen molar-refractivity contribution >= 4 is 28.5 Å². The molecule has 5 rings (SSSR count). The van der Waals surface area contributed by atoms with Crippen molar-refractivity contribution in [3.05, 3.63) is 130 Å². The van der Waals surface area contributed by atoms with E-state index in [-0.39, 0.29) is 11.9 Å². The molecule has 0 bridgehead atoms. The van der Waals surface area contributed by atoms with Gasteiger partial charge in [0.2, 0.25) is 0 Å². The second kappa shape index (κ2) is 16.3. The maximum absolute atomic E-state index is 13.0. The van der Waals surface area contributed by atoms with Gasteiger partial charge in [0.05, 0.1) is 13.1 Å². The number of carbonyl (C=O) groups excluding carboxylic acids is 2. The Kier molecular flexibility index (Phi) is 12.0. The van der Waals surface area contributed by atoms with Crippen LogP contribution in [0.1, 0.15) is 78.0 Å². The fraction of sp³-hybridized carbons (Fsp3) is 0.297. The van der Waals surface area contributed by atoms with E-state index in [9.17, 15) is 9.59 Å². The quantitative estimate of drug-likeness (QED) is 0.133. The number of rotatable bonds is 10. The molecule has 4 aromatic carbocycles. The molecule has 4 N–H and O–H groups in total. The lowest BCUT2D eigenvalue weighted by Crippen LogP contribution is -2.36. The van der Waals surface area contributed by atoms with Crippen LogP contribution in [0.3, 0.4) is 0 Å². The number of hydrogen-bond donors (Lipinski definition) is 3. The van der Waals surface area contributed by atoms with Gasteiger partial charge in [0.15, 0.2) is 0 Å². The highest BCUT2D eigenvalue weighted by Crippen LogP contribution is 2.34. The maximum Gasteiger partial charge on any atom is 0.251 e. The summed E-state index contributed by atoms with van der Waals surface area (Å²) >= 11 is 0. The molecule has 44 heavy (non-hydrogen) atoms. The van der Waals surface area contributed by atoms with Gasteiger partial charge in [-0.25, -0.2) is 0 Å². The predicted molar refractivity (Wildman–Crippen MR) is 179 cm³/mol. The summed E-state index contributed by atoms with van der Waals surface area (Å²) < 4.78 is 0. The zero-order chi connectivity index (χ0) is 31.3. The van der Waals surface area contributed by atoms with Crippen LogP contribution < -0.4 is 16.4 Å². The third-order valence-electron chi connectivity index (χ3n) is 8.36. The normalized spacial score (nSPS) is 17.9. The number of benzene rings is 4. The number of nitrogens with two attached hydrogens (primary N) is 1. The van der Waals surface area contributed by atoms with Crippen LogP contribution in [0.4, 0.5) is 0 Å². The zero-order valence-electron chi connectivity index (χ0n) is 25.5. The first-order valence-electron chi connectivity index (χ1n) is 15.2. The molecule has 4 atom stereocenters. The van der Waals surface area contributed by atoms with Crippen LogP contribution in [0.15, 0.2) is 108 Å². The molecule has 1 saturated carbocycles. The number of nitrogens with one attached hydrogen (secondary N) is 2. The van der Waals surface area contributed by atoms with E-state index >= 15 is 0 Å². The molecule has 1 amide bonds. The van der Waals surface area contributed by atoms with Gasteiger partial charge in [-0.1, -0.05) is 96.5 Å². The lowest BCUT2D eigenvalue weighted by atomic mass is 9.80. The fourth-order valence-electron chi connectivity index (χ4n) is 6.18. The molecule has 1 aliphatic carbocycles. The molecule has 0 aromatic heterocycles. The summed E-state index contributed by atoms with van der Waals surface area (Å²) in [4.78, 5) is 33.3. The summed E-state index contributed by atoms with van der Waals surface area (Å²) in [5.41, 5.74) is 10.7. The predicted octanol–water partition coefficient (Wildman–Crippen LogP) is 7.29. The second-order valence-corrected chi connectivity index (χ2v) is 11.3. The average Bonchev–Trinajstić information content (AvgIpc) is 3.07. The molecule has 1 fully saturated rings. The van der Waals surface area contributed by atoms with Crippen molar-refractivity contribution < 1.29 is 9.59 Å². The van der Waals surface area contributed by atoms with Crippen LogP contribution >= 0.6 is 0 Å². The van der Waals surface area contributed by atoms with Gasteiger partial charge in [-0.05, 0) is 83.5 Å². The molecule has 228 valence electrons. The van der Waals surface area contributed by atoms with Crippen molar-refractivity contribution in [2.45, 2.75) is 63.1 Å². The zero-order valence-corrected chi connectivity index (χ0v) is 25.5. The Morgan fingerprint density at radius 2 is 1.61 bits per heavy atom. The summed E-state index contributed by atoms with van der Waals surface area (Å²) in [7, 11) is 1.19. The number of hydrogen-bond acceptors (Lipinski definition) is 6. The number of nitroso groups, excluding NO2 is 1. The number of nitrogens with zero attached hydrogens (tertiary/aromatic N) is 1. The van der Waals surface area contributed by atoms with E-state index in [4.69, 9.17) is 10.6 Å². The number of aldehydes is 1. The number of carbonyl (C=O) groups is 2. The molecule has 0 aliphatic heterocycles. The highest BCUT2D eigenvalue weighted by Gasteiger charge is 2.25. The molecule has 3 unspecified atom stereocenters. The Hall–Kier alpha value is -4.62. The minimum atomic E-state index is -0.661. The van der Waals surface area contributed by atoms with E-state index in [0.717, 1.165) is 30.3 Å². The Morgan fingerprint density at radius 3 is 2.32 bits per heavy atom. The van der Waals surface area contributed by atoms with Gasteiger partial charge >= 0.3 is 0 Å². The van der Waals surface area contributed by atoms with E-state index in [2.05, 4.69) is 77.3 Å². The molecule has 4 aromatic rings. The first-order valence-corrected chi connectivity index (χ1v) is 15.2. The Balaban J connectivity index is 0.00000141. The molecular weight excluding hydrogens is 548 g/mol. The minimum Gasteiger partial charge on any atom is -0.404 e. The fourth-order valence-corrected chi connectivity index (χ4v) is 6.18. The van der Waals surface area contributed by atoms with Gasteiger partial charge < -0.3 is 21.2 Å². The molecule has 7 nitrogen and oxygen atoms in total.